The van der Waals surface area contributed by atoms with Crippen molar-refractivity contribution in [3.63, 3.8) is 0 Å². The molecule has 0 aromatic heterocycles. The van der Waals surface area contributed by atoms with E-state index in [1.54, 1.807) is 0 Å². The van der Waals surface area contributed by atoms with Crippen LogP contribution >= 0.6 is 0 Å². The lowest BCUT2D eigenvalue weighted by molar-refractivity contribution is 0.0616. The zero-order valence-electron chi connectivity index (χ0n) is 9.61. The molecule has 3 aliphatic heterocycles. The van der Waals surface area contributed by atoms with Crippen LogP contribution in [-0.2, 0) is 4.74 Å². The second kappa shape index (κ2) is 4.04. The summed E-state index contributed by atoms with van der Waals surface area (Å²) in [5.74, 6) is 0. The average Bonchev–Trinajstić information content (AvgIpc) is 2.84. The zero-order valence-corrected chi connectivity index (χ0v) is 9.61. The molecule has 3 fully saturated rings. The molecule has 3 atom stereocenters. The number of nitrogens with one attached hydrogen (secondary N) is 1. The molecule has 86 valence electrons. The maximum Gasteiger partial charge on any atom is 0.0622 e. The summed E-state index contributed by atoms with van der Waals surface area (Å²) in [6.45, 7) is 1.97. The predicted octanol–water partition coefficient (Wildman–Crippen LogP) is 0.990. The minimum absolute atomic E-state index is 0.736. The van der Waals surface area contributed by atoms with Crippen molar-refractivity contribution in [2.45, 2.75) is 56.3 Å². The van der Waals surface area contributed by atoms with Crippen LogP contribution in [0.25, 0.3) is 0 Å². The molecule has 0 aromatic carbocycles. The summed E-state index contributed by atoms with van der Waals surface area (Å²) in [5, 5.41) is 3.46. The van der Waals surface area contributed by atoms with E-state index in [0.717, 1.165) is 37.4 Å². The Morgan fingerprint density at radius 1 is 1.07 bits per heavy atom. The number of piperidine rings is 1. The molecule has 3 heterocycles. The Hall–Kier alpha value is -0.120. The molecule has 3 aliphatic rings. The van der Waals surface area contributed by atoms with Crippen LogP contribution in [0.4, 0.5) is 0 Å². The molecule has 0 aromatic rings. The molecule has 3 unspecified atom stereocenters. The van der Waals surface area contributed by atoms with Gasteiger partial charge in [0.2, 0.25) is 0 Å². The van der Waals surface area contributed by atoms with Gasteiger partial charge in [0.05, 0.1) is 6.61 Å². The van der Waals surface area contributed by atoms with E-state index in [1.807, 2.05) is 0 Å². The number of ether oxygens (including phenoxy) is 1. The van der Waals surface area contributed by atoms with Crippen LogP contribution in [0.1, 0.15) is 32.1 Å². The molecule has 15 heavy (non-hydrogen) atoms. The molecule has 2 bridgehead atoms. The van der Waals surface area contributed by atoms with E-state index >= 15 is 0 Å². The summed E-state index contributed by atoms with van der Waals surface area (Å²) in [6, 6.07) is 3.18. The average molecular weight is 210 g/mol. The van der Waals surface area contributed by atoms with E-state index in [0.29, 0.717) is 0 Å². The first-order valence-corrected chi connectivity index (χ1v) is 6.41. The van der Waals surface area contributed by atoms with Crippen molar-refractivity contribution in [2.24, 2.45) is 0 Å². The minimum atomic E-state index is 0.736. The van der Waals surface area contributed by atoms with Gasteiger partial charge < -0.3 is 10.1 Å². The fraction of sp³-hybridized carbons (Fsp3) is 1.00. The Balaban J connectivity index is 1.70. The van der Waals surface area contributed by atoms with Crippen molar-refractivity contribution in [1.29, 1.82) is 0 Å². The number of hydrogen-bond donors (Lipinski definition) is 1. The summed E-state index contributed by atoms with van der Waals surface area (Å²) < 4.78 is 5.53. The van der Waals surface area contributed by atoms with E-state index in [4.69, 9.17) is 4.74 Å². The van der Waals surface area contributed by atoms with Crippen LogP contribution in [0.15, 0.2) is 0 Å². The first-order chi connectivity index (χ1) is 7.38. The van der Waals surface area contributed by atoms with E-state index in [1.165, 1.54) is 32.1 Å². The SMILES string of the molecule is CNC1CC2CCC(C1)N2C1CCOC1. The Morgan fingerprint density at radius 3 is 2.33 bits per heavy atom. The van der Waals surface area contributed by atoms with E-state index in [9.17, 15) is 0 Å². The zero-order chi connectivity index (χ0) is 10.3. The summed E-state index contributed by atoms with van der Waals surface area (Å²) in [6.07, 6.45) is 6.79. The summed E-state index contributed by atoms with van der Waals surface area (Å²) in [5.41, 5.74) is 0. The van der Waals surface area contributed by atoms with E-state index in [-0.39, 0.29) is 0 Å². The highest BCUT2D eigenvalue weighted by Gasteiger charge is 2.44. The van der Waals surface area contributed by atoms with Crippen LogP contribution < -0.4 is 5.32 Å². The number of rotatable bonds is 2. The lowest BCUT2D eigenvalue weighted by atomic mass is 9.95. The van der Waals surface area contributed by atoms with Gasteiger partial charge in [0.25, 0.3) is 0 Å². The molecule has 3 rings (SSSR count). The van der Waals surface area contributed by atoms with Gasteiger partial charge in [-0.3, -0.25) is 4.90 Å². The van der Waals surface area contributed by atoms with Crippen molar-refractivity contribution in [2.75, 3.05) is 20.3 Å². The van der Waals surface area contributed by atoms with Gasteiger partial charge in [-0.1, -0.05) is 0 Å². The molecule has 1 N–H and O–H groups in total. The minimum Gasteiger partial charge on any atom is -0.380 e. The van der Waals surface area contributed by atoms with Crippen molar-refractivity contribution >= 4 is 0 Å². The van der Waals surface area contributed by atoms with Gasteiger partial charge in [-0.2, -0.15) is 0 Å². The van der Waals surface area contributed by atoms with Crippen LogP contribution in [0.3, 0.4) is 0 Å². The lowest BCUT2D eigenvalue weighted by Gasteiger charge is -2.42. The predicted molar refractivity (Wildman–Crippen MR) is 60.0 cm³/mol. The topological polar surface area (TPSA) is 24.5 Å². The van der Waals surface area contributed by atoms with Crippen LogP contribution in [0, 0.1) is 0 Å². The maximum atomic E-state index is 5.53. The van der Waals surface area contributed by atoms with E-state index < -0.39 is 0 Å². The molecule has 0 aliphatic carbocycles. The Labute approximate surface area is 92.2 Å². The number of fused-ring (bicyclic) bond motifs is 2. The third-order valence-electron chi connectivity index (χ3n) is 4.53. The quantitative estimate of drug-likeness (QED) is 0.735. The summed E-state index contributed by atoms with van der Waals surface area (Å²) in [7, 11) is 2.11. The molecule has 0 saturated carbocycles. The number of nitrogens with zero attached hydrogens (tertiary/aromatic N) is 1. The maximum absolute atomic E-state index is 5.53. The third kappa shape index (κ3) is 1.71. The Bertz CT molecular complexity index is 214. The van der Waals surface area contributed by atoms with Crippen molar-refractivity contribution in [3.05, 3.63) is 0 Å². The van der Waals surface area contributed by atoms with Gasteiger partial charge in [-0.25, -0.2) is 0 Å². The van der Waals surface area contributed by atoms with Gasteiger partial charge in [0, 0.05) is 30.8 Å². The molecule has 0 radical (unpaired) electrons. The smallest absolute Gasteiger partial charge is 0.0622 e. The second-order valence-electron chi connectivity index (χ2n) is 5.31. The molecule has 3 saturated heterocycles. The summed E-state index contributed by atoms with van der Waals surface area (Å²) in [4.78, 5) is 2.79. The first-order valence-electron chi connectivity index (χ1n) is 6.41. The molecule has 0 spiro atoms. The number of hydrogen-bond acceptors (Lipinski definition) is 3. The Morgan fingerprint density at radius 2 is 1.80 bits per heavy atom. The third-order valence-corrected chi connectivity index (χ3v) is 4.53. The van der Waals surface area contributed by atoms with Gasteiger partial charge in [0.1, 0.15) is 0 Å². The monoisotopic (exact) mass is 210 g/mol. The van der Waals surface area contributed by atoms with Crippen molar-refractivity contribution in [3.8, 4) is 0 Å². The molecular formula is C12H22N2O. The first kappa shape index (κ1) is 10.1. The summed E-state index contributed by atoms with van der Waals surface area (Å²) >= 11 is 0. The molecule has 3 heteroatoms. The van der Waals surface area contributed by atoms with Crippen LogP contribution in [0.5, 0.6) is 0 Å². The fourth-order valence-corrected chi connectivity index (χ4v) is 3.80. The van der Waals surface area contributed by atoms with Crippen molar-refractivity contribution in [1.82, 2.24) is 10.2 Å². The van der Waals surface area contributed by atoms with E-state index in [2.05, 4.69) is 17.3 Å². The fourth-order valence-electron chi connectivity index (χ4n) is 3.80. The largest absolute Gasteiger partial charge is 0.380 e. The van der Waals surface area contributed by atoms with Crippen molar-refractivity contribution < 1.29 is 4.74 Å². The molecule has 0 amide bonds. The van der Waals surface area contributed by atoms with Gasteiger partial charge in [-0.05, 0) is 39.2 Å². The van der Waals surface area contributed by atoms with Crippen LogP contribution in [0.2, 0.25) is 0 Å². The highest BCUT2D eigenvalue weighted by molar-refractivity contribution is 5.00. The second-order valence-corrected chi connectivity index (χ2v) is 5.31. The van der Waals surface area contributed by atoms with Gasteiger partial charge in [-0.15, -0.1) is 0 Å². The molecular weight excluding hydrogens is 188 g/mol. The van der Waals surface area contributed by atoms with Gasteiger partial charge >= 0.3 is 0 Å². The highest BCUT2D eigenvalue weighted by atomic mass is 16.5. The normalized spacial score (nSPS) is 46.2. The standard InChI is InChI=1S/C12H22N2O/c1-13-9-6-10-2-3-11(7-9)14(10)12-4-5-15-8-12/h9-13H,2-8H2,1H3. The Kier molecular flexibility index (Phi) is 2.71. The van der Waals surface area contributed by atoms with Crippen LogP contribution in [-0.4, -0.2) is 49.3 Å². The van der Waals surface area contributed by atoms with Gasteiger partial charge in [0.15, 0.2) is 0 Å². The highest BCUT2D eigenvalue weighted by Crippen LogP contribution is 2.38. The lowest BCUT2D eigenvalue weighted by Crippen LogP contribution is -2.52. The molecule has 3 nitrogen and oxygen atoms in total.